The predicted octanol–water partition coefficient (Wildman–Crippen LogP) is 2.89. The summed E-state index contributed by atoms with van der Waals surface area (Å²) in [6.07, 6.45) is -5.74. The zero-order chi connectivity index (χ0) is 17.2. The van der Waals surface area contributed by atoms with Crippen LogP contribution in [0.4, 0.5) is 18.0 Å². The zero-order valence-corrected chi connectivity index (χ0v) is 12.5. The Morgan fingerprint density at radius 2 is 1.87 bits per heavy atom. The topological polar surface area (TPSA) is 60.9 Å². The van der Waals surface area contributed by atoms with Crippen molar-refractivity contribution in [1.29, 1.82) is 0 Å². The van der Waals surface area contributed by atoms with Crippen molar-refractivity contribution in [3.63, 3.8) is 0 Å². The van der Waals surface area contributed by atoms with Crippen molar-refractivity contribution in [2.75, 3.05) is 13.6 Å². The summed E-state index contributed by atoms with van der Waals surface area (Å²) in [7, 11) is 1.11. The van der Waals surface area contributed by atoms with Crippen LogP contribution < -0.4 is 0 Å². The van der Waals surface area contributed by atoms with Crippen LogP contribution in [0.2, 0.25) is 0 Å². The lowest BCUT2D eigenvalue weighted by atomic mass is 9.91. The summed E-state index contributed by atoms with van der Waals surface area (Å²) < 4.78 is 37.8. The van der Waals surface area contributed by atoms with Crippen LogP contribution in [0.3, 0.4) is 0 Å². The molecule has 1 fully saturated rings. The number of alkyl halides is 3. The molecule has 1 aliphatic rings. The van der Waals surface area contributed by atoms with Crippen molar-refractivity contribution in [3.05, 3.63) is 35.9 Å². The molecular formula is C15H17F3N2O3. The van der Waals surface area contributed by atoms with Gasteiger partial charge in [0.05, 0.1) is 6.04 Å². The molecule has 2 amide bonds. The van der Waals surface area contributed by atoms with E-state index in [0.29, 0.717) is 10.5 Å². The van der Waals surface area contributed by atoms with Gasteiger partial charge in [0.2, 0.25) is 0 Å². The van der Waals surface area contributed by atoms with Crippen LogP contribution in [0.5, 0.6) is 0 Å². The van der Waals surface area contributed by atoms with E-state index in [2.05, 4.69) is 0 Å². The van der Waals surface area contributed by atoms with E-state index in [1.165, 1.54) is 4.90 Å². The molecule has 2 rings (SSSR count). The van der Waals surface area contributed by atoms with Gasteiger partial charge in [-0.25, -0.2) is 4.79 Å². The normalized spacial score (nSPS) is 21.8. The molecule has 1 heterocycles. The van der Waals surface area contributed by atoms with Crippen molar-refractivity contribution >= 4 is 12.0 Å². The smallest absolute Gasteiger partial charge is 0.465 e. The molecule has 0 spiro atoms. The van der Waals surface area contributed by atoms with Gasteiger partial charge < -0.3 is 14.9 Å². The van der Waals surface area contributed by atoms with E-state index < -0.39 is 30.3 Å². The maximum atomic E-state index is 12.6. The summed E-state index contributed by atoms with van der Waals surface area (Å²) in [6.45, 7) is 0.0784. The highest BCUT2D eigenvalue weighted by Crippen LogP contribution is 2.34. The third kappa shape index (κ3) is 3.75. The van der Waals surface area contributed by atoms with Gasteiger partial charge in [-0.15, -0.1) is 0 Å². The first-order valence-corrected chi connectivity index (χ1v) is 7.10. The Kier molecular flexibility index (Phi) is 4.82. The lowest BCUT2D eigenvalue weighted by Gasteiger charge is -2.41. The fraction of sp³-hybridized carbons (Fsp3) is 0.467. The highest BCUT2D eigenvalue weighted by atomic mass is 19.4. The Labute approximate surface area is 131 Å². The van der Waals surface area contributed by atoms with Crippen molar-refractivity contribution in [3.8, 4) is 0 Å². The number of amides is 2. The number of hydrogen-bond acceptors (Lipinski definition) is 2. The molecule has 1 aromatic carbocycles. The van der Waals surface area contributed by atoms with Crippen molar-refractivity contribution in [2.45, 2.75) is 31.1 Å². The van der Waals surface area contributed by atoms with Gasteiger partial charge in [-0.05, 0) is 18.4 Å². The molecule has 126 valence electrons. The summed E-state index contributed by atoms with van der Waals surface area (Å²) in [4.78, 5) is 24.6. The minimum atomic E-state index is -4.93. The largest absolute Gasteiger partial charge is 0.471 e. The second-order valence-electron chi connectivity index (χ2n) is 5.49. The number of nitrogens with zero attached hydrogens (tertiary/aromatic N) is 2. The van der Waals surface area contributed by atoms with Crippen molar-refractivity contribution in [2.24, 2.45) is 0 Å². The molecule has 23 heavy (non-hydrogen) atoms. The summed E-state index contributed by atoms with van der Waals surface area (Å²) in [6, 6.07) is 7.48. The number of carbonyl (C=O) groups excluding carboxylic acids is 1. The molecule has 1 aromatic rings. The fourth-order valence-electron chi connectivity index (χ4n) is 2.88. The lowest BCUT2D eigenvalue weighted by Crippen LogP contribution is -2.51. The average Bonchev–Trinajstić information content (AvgIpc) is 2.52. The second-order valence-corrected chi connectivity index (χ2v) is 5.49. The standard InChI is InChI=1S/C15H17F3N2O3/c1-19(13(21)15(16,17)18)11-7-8-20(14(22)23)12(9-11)10-5-3-2-4-6-10/h2-6,11-12H,7-9H2,1H3,(H,22,23). The molecule has 2 atom stereocenters. The number of likely N-dealkylation sites (tertiary alicyclic amines) is 1. The zero-order valence-electron chi connectivity index (χ0n) is 12.5. The molecule has 0 saturated carbocycles. The summed E-state index contributed by atoms with van der Waals surface area (Å²) in [5, 5.41) is 9.30. The van der Waals surface area contributed by atoms with Crippen LogP contribution in [0.1, 0.15) is 24.4 Å². The van der Waals surface area contributed by atoms with Crippen LogP contribution in [0, 0.1) is 0 Å². The van der Waals surface area contributed by atoms with Crippen LogP contribution in [-0.4, -0.2) is 52.7 Å². The summed E-state index contributed by atoms with van der Waals surface area (Å²) in [5.41, 5.74) is 0.701. The van der Waals surface area contributed by atoms with Crippen LogP contribution in [0.15, 0.2) is 30.3 Å². The van der Waals surface area contributed by atoms with Gasteiger partial charge in [-0.3, -0.25) is 4.79 Å². The van der Waals surface area contributed by atoms with Gasteiger partial charge in [-0.2, -0.15) is 13.2 Å². The van der Waals surface area contributed by atoms with Gasteiger partial charge >= 0.3 is 18.2 Å². The molecule has 0 radical (unpaired) electrons. The molecule has 0 aromatic heterocycles. The van der Waals surface area contributed by atoms with Crippen LogP contribution in [-0.2, 0) is 4.79 Å². The van der Waals surface area contributed by atoms with Gasteiger partial charge in [0.25, 0.3) is 0 Å². The maximum absolute atomic E-state index is 12.6. The molecule has 8 heteroatoms. The molecule has 1 saturated heterocycles. The minimum absolute atomic E-state index is 0.0784. The molecule has 5 nitrogen and oxygen atoms in total. The molecular weight excluding hydrogens is 313 g/mol. The van der Waals surface area contributed by atoms with E-state index in [1.54, 1.807) is 30.3 Å². The van der Waals surface area contributed by atoms with E-state index in [-0.39, 0.29) is 19.4 Å². The van der Waals surface area contributed by atoms with Gasteiger partial charge in [-0.1, -0.05) is 30.3 Å². The van der Waals surface area contributed by atoms with Crippen LogP contribution >= 0.6 is 0 Å². The van der Waals surface area contributed by atoms with E-state index in [9.17, 15) is 27.9 Å². The first-order chi connectivity index (χ1) is 10.7. The maximum Gasteiger partial charge on any atom is 0.471 e. The molecule has 0 aliphatic carbocycles. The quantitative estimate of drug-likeness (QED) is 0.907. The van der Waals surface area contributed by atoms with Gasteiger partial charge in [0.1, 0.15) is 0 Å². The second kappa shape index (κ2) is 6.47. The number of benzene rings is 1. The van der Waals surface area contributed by atoms with E-state index in [1.807, 2.05) is 0 Å². The van der Waals surface area contributed by atoms with Crippen molar-refractivity contribution < 1.29 is 27.9 Å². The summed E-state index contributed by atoms with van der Waals surface area (Å²) in [5.74, 6) is -1.90. The first-order valence-electron chi connectivity index (χ1n) is 7.10. The Hall–Kier alpha value is -2.25. The highest BCUT2D eigenvalue weighted by molar-refractivity contribution is 5.82. The molecule has 2 unspecified atom stereocenters. The number of carbonyl (C=O) groups is 2. The van der Waals surface area contributed by atoms with E-state index in [4.69, 9.17) is 0 Å². The number of piperidine rings is 1. The monoisotopic (exact) mass is 330 g/mol. The molecule has 0 bridgehead atoms. The number of halogens is 3. The Morgan fingerprint density at radius 1 is 1.26 bits per heavy atom. The minimum Gasteiger partial charge on any atom is -0.465 e. The lowest BCUT2D eigenvalue weighted by molar-refractivity contribution is -0.187. The summed E-state index contributed by atoms with van der Waals surface area (Å²) >= 11 is 0. The predicted molar refractivity (Wildman–Crippen MR) is 75.8 cm³/mol. The van der Waals surface area contributed by atoms with E-state index >= 15 is 0 Å². The van der Waals surface area contributed by atoms with Gasteiger partial charge in [0.15, 0.2) is 0 Å². The van der Waals surface area contributed by atoms with Crippen molar-refractivity contribution in [1.82, 2.24) is 9.80 Å². The third-order valence-electron chi connectivity index (χ3n) is 4.12. The average molecular weight is 330 g/mol. The van der Waals surface area contributed by atoms with Crippen LogP contribution in [0.25, 0.3) is 0 Å². The van der Waals surface area contributed by atoms with Gasteiger partial charge in [0, 0.05) is 19.6 Å². The Morgan fingerprint density at radius 3 is 2.39 bits per heavy atom. The third-order valence-corrected chi connectivity index (χ3v) is 4.12. The number of hydrogen-bond donors (Lipinski definition) is 1. The van der Waals surface area contributed by atoms with E-state index in [0.717, 1.165) is 7.05 Å². The number of rotatable bonds is 2. The highest BCUT2D eigenvalue weighted by Gasteiger charge is 2.45. The first kappa shape index (κ1) is 17.1. The fourth-order valence-corrected chi connectivity index (χ4v) is 2.88. The number of carboxylic acid groups (broad SMARTS) is 1. The molecule has 1 aliphatic heterocycles. The molecule has 1 N–H and O–H groups in total. The Bertz CT molecular complexity index is 577. The Balaban J connectivity index is 2.22. The SMILES string of the molecule is CN(C(=O)C(F)(F)F)C1CCN(C(=O)O)C(c2ccccc2)C1.